The Bertz CT molecular complexity index is 632. The zero-order valence-electron chi connectivity index (χ0n) is 9.34. The van der Waals surface area contributed by atoms with Crippen LogP contribution in [0.15, 0.2) is 36.4 Å². The summed E-state index contributed by atoms with van der Waals surface area (Å²) in [4.78, 5) is 11.5. The maximum atomic E-state index is 11.5. The lowest BCUT2D eigenvalue weighted by atomic mass is 10.0. The fraction of sp³-hybridized carbons (Fsp3) is 0.0714. The third kappa shape index (κ3) is 1.98. The molecule has 90 valence electrons. The van der Waals surface area contributed by atoms with E-state index in [2.05, 4.69) is 5.32 Å². The first-order valence-electron chi connectivity index (χ1n) is 5.52. The van der Waals surface area contributed by atoms with Gasteiger partial charge in [0.2, 0.25) is 5.91 Å². The van der Waals surface area contributed by atoms with Crippen molar-refractivity contribution in [2.24, 2.45) is 0 Å². The van der Waals surface area contributed by atoms with E-state index in [-0.39, 0.29) is 5.91 Å². The summed E-state index contributed by atoms with van der Waals surface area (Å²) in [6.07, 6.45) is 0.428. The molecule has 1 aliphatic heterocycles. The SMILES string of the molecule is O=C1Cc2cccc(-c3cc(Cl)cc(Cl)c3)c2N1. The topological polar surface area (TPSA) is 29.1 Å². The quantitative estimate of drug-likeness (QED) is 0.834. The smallest absolute Gasteiger partial charge is 0.228 e. The molecule has 1 heterocycles. The predicted molar refractivity (Wildman–Crippen MR) is 74.2 cm³/mol. The van der Waals surface area contributed by atoms with Gasteiger partial charge in [0.25, 0.3) is 0 Å². The van der Waals surface area contributed by atoms with Crippen molar-refractivity contribution >= 4 is 34.8 Å². The number of rotatable bonds is 1. The van der Waals surface area contributed by atoms with Crippen LogP contribution in [0.25, 0.3) is 11.1 Å². The van der Waals surface area contributed by atoms with Gasteiger partial charge in [-0.1, -0.05) is 41.4 Å². The molecule has 0 radical (unpaired) electrons. The van der Waals surface area contributed by atoms with Crippen LogP contribution < -0.4 is 5.32 Å². The van der Waals surface area contributed by atoms with Crippen LogP contribution >= 0.6 is 23.2 Å². The molecule has 18 heavy (non-hydrogen) atoms. The van der Waals surface area contributed by atoms with Crippen molar-refractivity contribution in [3.63, 3.8) is 0 Å². The summed E-state index contributed by atoms with van der Waals surface area (Å²) in [6, 6.07) is 11.2. The van der Waals surface area contributed by atoms with Gasteiger partial charge in [-0.15, -0.1) is 0 Å². The van der Waals surface area contributed by atoms with Gasteiger partial charge in [-0.05, 0) is 29.3 Å². The summed E-state index contributed by atoms with van der Waals surface area (Å²) in [7, 11) is 0. The summed E-state index contributed by atoms with van der Waals surface area (Å²) in [5.74, 6) is 0.0191. The van der Waals surface area contributed by atoms with Crippen LogP contribution in [0.5, 0.6) is 0 Å². The molecule has 0 fully saturated rings. The summed E-state index contributed by atoms with van der Waals surface area (Å²) in [5.41, 5.74) is 3.73. The van der Waals surface area contributed by atoms with E-state index in [9.17, 15) is 4.79 Å². The summed E-state index contributed by atoms with van der Waals surface area (Å²) < 4.78 is 0. The molecule has 1 amide bonds. The third-order valence-corrected chi connectivity index (χ3v) is 3.38. The van der Waals surface area contributed by atoms with Crippen LogP contribution in [0.3, 0.4) is 0 Å². The van der Waals surface area contributed by atoms with Crippen molar-refractivity contribution in [1.29, 1.82) is 0 Å². The van der Waals surface area contributed by atoms with Crippen molar-refractivity contribution in [3.05, 3.63) is 52.0 Å². The highest BCUT2D eigenvalue weighted by Crippen LogP contribution is 2.36. The number of carbonyl (C=O) groups is 1. The minimum absolute atomic E-state index is 0.0191. The van der Waals surface area contributed by atoms with Gasteiger partial charge in [0, 0.05) is 15.6 Å². The van der Waals surface area contributed by atoms with Crippen LogP contribution in [-0.4, -0.2) is 5.91 Å². The molecular formula is C14H9Cl2NO. The van der Waals surface area contributed by atoms with Crippen molar-refractivity contribution < 1.29 is 4.79 Å². The number of carbonyl (C=O) groups excluding carboxylic acids is 1. The fourth-order valence-electron chi connectivity index (χ4n) is 2.20. The van der Waals surface area contributed by atoms with Crippen molar-refractivity contribution in [3.8, 4) is 11.1 Å². The molecule has 0 saturated heterocycles. The lowest BCUT2D eigenvalue weighted by Crippen LogP contribution is -2.04. The number of nitrogens with one attached hydrogen (secondary N) is 1. The molecule has 0 aliphatic carbocycles. The Kier molecular flexibility index (Phi) is 2.77. The Balaban J connectivity index is 2.19. The van der Waals surface area contributed by atoms with Gasteiger partial charge in [-0.3, -0.25) is 4.79 Å². The Labute approximate surface area is 115 Å². The van der Waals surface area contributed by atoms with Gasteiger partial charge in [0.1, 0.15) is 0 Å². The van der Waals surface area contributed by atoms with Gasteiger partial charge < -0.3 is 5.32 Å². The zero-order chi connectivity index (χ0) is 12.7. The number of para-hydroxylation sites is 1. The van der Waals surface area contributed by atoms with E-state index >= 15 is 0 Å². The molecule has 1 aliphatic rings. The molecule has 0 bridgehead atoms. The Hall–Kier alpha value is -1.51. The Morgan fingerprint density at radius 1 is 1.06 bits per heavy atom. The first kappa shape index (κ1) is 11.6. The van der Waals surface area contributed by atoms with E-state index in [4.69, 9.17) is 23.2 Å². The van der Waals surface area contributed by atoms with E-state index < -0.39 is 0 Å². The molecule has 0 aromatic heterocycles. The Morgan fingerprint density at radius 3 is 2.50 bits per heavy atom. The normalized spacial score (nSPS) is 13.3. The summed E-state index contributed by atoms with van der Waals surface area (Å²) in [6.45, 7) is 0. The van der Waals surface area contributed by atoms with E-state index in [1.807, 2.05) is 30.3 Å². The van der Waals surface area contributed by atoms with Crippen molar-refractivity contribution in [2.75, 3.05) is 5.32 Å². The van der Waals surface area contributed by atoms with Crippen LogP contribution in [0.4, 0.5) is 5.69 Å². The van der Waals surface area contributed by atoms with Gasteiger partial charge in [0.05, 0.1) is 12.1 Å². The predicted octanol–water partition coefficient (Wildman–Crippen LogP) is 4.16. The molecule has 0 atom stereocenters. The zero-order valence-corrected chi connectivity index (χ0v) is 10.8. The molecule has 3 rings (SSSR count). The maximum absolute atomic E-state index is 11.5. The van der Waals surface area contributed by atoms with Gasteiger partial charge in [-0.25, -0.2) is 0 Å². The van der Waals surface area contributed by atoms with Crippen LogP contribution in [0, 0.1) is 0 Å². The maximum Gasteiger partial charge on any atom is 0.228 e. The summed E-state index contributed by atoms with van der Waals surface area (Å²) in [5, 5.41) is 4.04. The highest BCUT2D eigenvalue weighted by atomic mass is 35.5. The second-order valence-electron chi connectivity index (χ2n) is 4.22. The monoisotopic (exact) mass is 277 g/mol. The number of halogens is 2. The number of benzene rings is 2. The average Bonchev–Trinajstić information content (AvgIpc) is 2.67. The van der Waals surface area contributed by atoms with E-state index in [1.54, 1.807) is 6.07 Å². The second kappa shape index (κ2) is 4.30. The first-order valence-corrected chi connectivity index (χ1v) is 6.27. The van der Waals surface area contributed by atoms with Crippen LogP contribution in [0.2, 0.25) is 10.0 Å². The third-order valence-electron chi connectivity index (χ3n) is 2.94. The average molecular weight is 278 g/mol. The largest absolute Gasteiger partial charge is 0.325 e. The molecule has 2 aromatic carbocycles. The van der Waals surface area contributed by atoms with E-state index in [0.717, 1.165) is 22.4 Å². The number of anilines is 1. The van der Waals surface area contributed by atoms with E-state index in [1.165, 1.54) is 0 Å². The number of hydrogen-bond acceptors (Lipinski definition) is 1. The lowest BCUT2D eigenvalue weighted by Gasteiger charge is -2.09. The minimum atomic E-state index is 0.0191. The number of fused-ring (bicyclic) bond motifs is 1. The first-order chi connectivity index (χ1) is 8.63. The summed E-state index contributed by atoms with van der Waals surface area (Å²) >= 11 is 12.0. The number of amides is 1. The highest BCUT2D eigenvalue weighted by molar-refractivity contribution is 6.35. The second-order valence-corrected chi connectivity index (χ2v) is 5.10. The van der Waals surface area contributed by atoms with Crippen molar-refractivity contribution in [1.82, 2.24) is 0 Å². The van der Waals surface area contributed by atoms with Gasteiger partial charge >= 0.3 is 0 Å². The molecule has 0 saturated carbocycles. The Morgan fingerprint density at radius 2 is 1.78 bits per heavy atom. The van der Waals surface area contributed by atoms with Crippen LogP contribution in [0.1, 0.15) is 5.56 Å². The molecule has 2 aromatic rings. The molecular weight excluding hydrogens is 269 g/mol. The molecule has 4 heteroatoms. The standard InChI is InChI=1S/C14H9Cl2NO/c15-10-4-9(5-11(16)7-10)12-3-1-2-8-6-13(18)17-14(8)12/h1-5,7H,6H2,(H,17,18). The molecule has 1 N–H and O–H groups in total. The molecule has 0 spiro atoms. The molecule has 0 unspecified atom stereocenters. The minimum Gasteiger partial charge on any atom is -0.325 e. The number of hydrogen-bond donors (Lipinski definition) is 1. The van der Waals surface area contributed by atoms with Gasteiger partial charge in [0.15, 0.2) is 0 Å². The fourth-order valence-corrected chi connectivity index (χ4v) is 2.73. The van der Waals surface area contributed by atoms with Crippen molar-refractivity contribution in [2.45, 2.75) is 6.42 Å². The lowest BCUT2D eigenvalue weighted by molar-refractivity contribution is -0.115. The van der Waals surface area contributed by atoms with Crippen LogP contribution in [-0.2, 0) is 11.2 Å². The highest BCUT2D eigenvalue weighted by Gasteiger charge is 2.20. The van der Waals surface area contributed by atoms with E-state index in [0.29, 0.717) is 16.5 Å². The van der Waals surface area contributed by atoms with Gasteiger partial charge in [-0.2, -0.15) is 0 Å². The molecule has 2 nitrogen and oxygen atoms in total.